The van der Waals surface area contributed by atoms with Gasteiger partial charge in [0.1, 0.15) is 24.1 Å². The minimum Gasteiger partial charge on any atom is -0.497 e. The Labute approximate surface area is 197 Å². The van der Waals surface area contributed by atoms with E-state index in [-0.39, 0.29) is 6.61 Å². The van der Waals surface area contributed by atoms with Crippen LogP contribution in [0.3, 0.4) is 0 Å². The molecule has 4 rings (SSSR count). The molecule has 0 radical (unpaired) electrons. The Morgan fingerprint density at radius 3 is 2.44 bits per heavy atom. The Balaban J connectivity index is 1.59. The Hall–Kier alpha value is -4.00. The number of amides is 2. The average Bonchev–Trinajstić information content (AvgIpc) is 2.87. The minimum atomic E-state index is -0.836. The molecule has 1 heterocycles. The average molecular weight is 461 g/mol. The van der Waals surface area contributed by atoms with Crippen molar-refractivity contribution in [1.29, 1.82) is 0 Å². The quantitative estimate of drug-likeness (QED) is 0.478. The number of aryl methyl sites for hydroxylation is 1. The zero-order valence-electron chi connectivity index (χ0n) is 18.7. The van der Waals surface area contributed by atoms with Crippen LogP contribution in [-0.4, -0.2) is 24.8 Å². The van der Waals surface area contributed by atoms with Gasteiger partial charge in [0.05, 0.1) is 13.2 Å². The largest absolute Gasteiger partial charge is 0.497 e. The number of hydrogen-bond acceptors (Lipinski definition) is 4. The molecule has 1 aliphatic rings. The molecule has 0 aliphatic carbocycles. The van der Waals surface area contributed by atoms with Gasteiger partial charge in [0.15, 0.2) is 0 Å². The number of aliphatic imine (C=N–C) groups is 1. The van der Waals surface area contributed by atoms with Gasteiger partial charge >= 0.3 is 12.0 Å². The third-order valence-electron chi connectivity index (χ3n) is 5.73. The highest BCUT2D eigenvalue weighted by Gasteiger charge is 2.39. The van der Waals surface area contributed by atoms with Crippen LogP contribution in [0, 0.1) is 11.7 Å². The van der Waals surface area contributed by atoms with Crippen LogP contribution in [0.25, 0.3) is 0 Å². The van der Waals surface area contributed by atoms with E-state index in [0.717, 1.165) is 16.9 Å². The lowest BCUT2D eigenvalue weighted by molar-refractivity contribution is -0.148. The third kappa shape index (κ3) is 5.67. The maximum absolute atomic E-state index is 13.5. The number of nitrogens with one attached hydrogen (secondary N) is 1. The van der Waals surface area contributed by atoms with Crippen molar-refractivity contribution in [2.24, 2.45) is 10.9 Å². The second-order valence-electron chi connectivity index (χ2n) is 8.00. The molecule has 34 heavy (non-hydrogen) atoms. The highest BCUT2D eigenvalue weighted by atomic mass is 19.1. The standard InChI is InChI=1S/C27H25FN2O4/c1-33-22-9-5-8-18(16-22)10-15-23-24(26(31)34-17-19-6-3-2-4-7-19)25(30-27(32)29-23)20-11-13-21(28)14-12-20/h2-9,11-14,16,24-25H,10,15,17H2,1H3,(H,30,32). The van der Waals surface area contributed by atoms with Crippen LogP contribution in [0.2, 0.25) is 0 Å². The van der Waals surface area contributed by atoms with Gasteiger partial charge in [-0.1, -0.05) is 54.6 Å². The Morgan fingerprint density at radius 1 is 0.971 bits per heavy atom. The van der Waals surface area contributed by atoms with Crippen LogP contribution in [0.4, 0.5) is 9.18 Å². The molecule has 1 N–H and O–H groups in total. The minimum absolute atomic E-state index is 0.101. The highest BCUT2D eigenvalue weighted by Crippen LogP contribution is 2.30. The molecule has 174 valence electrons. The fraction of sp³-hybridized carbons (Fsp3) is 0.222. The Morgan fingerprint density at radius 2 is 1.71 bits per heavy atom. The lowest BCUT2D eigenvalue weighted by Crippen LogP contribution is -2.45. The van der Waals surface area contributed by atoms with Crippen molar-refractivity contribution in [2.75, 3.05) is 7.11 Å². The summed E-state index contributed by atoms with van der Waals surface area (Å²) < 4.78 is 24.4. The van der Waals surface area contributed by atoms with Gasteiger partial charge in [-0.05, 0) is 53.8 Å². The third-order valence-corrected chi connectivity index (χ3v) is 5.73. The number of hydrogen-bond donors (Lipinski definition) is 1. The number of carbonyl (C=O) groups excluding carboxylic acids is 2. The summed E-state index contributed by atoms with van der Waals surface area (Å²) in [5, 5.41) is 2.76. The zero-order chi connectivity index (χ0) is 23.9. The van der Waals surface area contributed by atoms with Crippen molar-refractivity contribution in [3.8, 4) is 5.75 Å². The summed E-state index contributed by atoms with van der Waals surface area (Å²) in [6, 6.07) is 21.4. The van der Waals surface area contributed by atoms with Gasteiger partial charge in [-0.2, -0.15) is 0 Å². The first-order valence-corrected chi connectivity index (χ1v) is 11.0. The molecule has 3 aromatic rings. The van der Waals surface area contributed by atoms with E-state index in [1.165, 1.54) is 12.1 Å². The predicted octanol–water partition coefficient (Wildman–Crippen LogP) is 5.03. The van der Waals surface area contributed by atoms with Crippen molar-refractivity contribution < 1.29 is 23.5 Å². The van der Waals surface area contributed by atoms with Gasteiger partial charge in [-0.15, -0.1) is 0 Å². The first kappa shape index (κ1) is 23.2. The molecular formula is C27H25FN2O4. The van der Waals surface area contributed by atoms with Crippen LogP contribution in [0.15, 0.2) is 83.9 Å². The second kappa shape index (κ2) is 10.7. The van der Waals surface area contributed by atoms with E-state index >= 15 is 0 Å². The zero-order valence-corrected chi connectivity index (χ0v) is 18.7. The van der Waals surface area contributed by atoms with E-state index in [9.17, 15) is 14.0 Å². The van der Waals surface area contributed by atoms with Gasteiger partial charge in [0, 0.05) is 5.71 Å². The second-order valence-corrected chi connectivity index (χ2v) is 8.00. The molecule has 6 nitrogen and oxygen atoms in total. The van der Waals surface area contributed by atoms with Crippen LogP contribution < -0.4 is 10.1 Å². The number of halogens is 1. The summed E-state index contributed by atoms with van der Waals surface area (Å²) in [6.07, 6.45) is 0.936. The summed E-state index contributed by atoms with van der Waals surface area (Å²) >= 11 is 0. The van der Waals surface area contributed by atoms with Crippen molar-refractivity contribution in [3.63, 3.8) is 0 Å². The fourth-order valence-electron chi connectivity index (χ4n) is 3.99. The molecule has 2 amide bonds. The van der Waals surface area contributed by atoms with Gasteiger partial charge in [-0.3, -0.25) is 4.79 Å². The summed E-state index contributed by atoms with van der Waals surface area (Å²) in [4.78, 5) is 29.9. The molecule has 0 aromatic heterocycles. The first-order valence-electron chi connectivity index (χ1n) is 11.0. The number of nitrogens with zero attached hydrogens (tertiary/aromatic N) is 1. The maximum Gasteiger partial charge on any atom is 0.341 e. The van der Waals surface area contributed by atoms with E-state index in [1.807, 2.05) is 54.6 Å². The number of ether oxygens (including phenoxy) is 2. The molecule has 7 heteroatoms. The topological polar surface area (TPSA) is 77.0 Å². The van der Waals surface area contributed by atoms with E-state index in [4.69, 9.17) is 9.47 Å². The monoisotopic (exact) mass is 460 g/mol. The number of urea groups is 1. The molecule has 2 unspecified atom stereocenters. The van der Waals surface area contributed by atoms with Crippen LogP contribution >= 0.6 is 0 Å². The predicted molar refractivity (Wildman–Crippen MR) is 126 cm³/mol. The van der Waals surface area contributed by atoms with E-state index in [0.29, 0.717) is 24.1 Å². The van der Waals surface area contributed by atoms with Crippen molar-refractivity contribution in [2.45, 2.75) is 25.5 Å². The lowest BCUT2D eigenvalue weighted by atomic mass is 9.85. The number of esters is 1. The molecule has 0 bridgehead atoms. The van der Waals surface area contributed by atoms with Crippen molar-refractivity contribution >= 4 is 17.7 Å². The number of carbonyl (C=O) groups is 2. The van der Waals surface area contributed by atoms with Gasteiger partial charge in [0.25, 0.3) is 0 Å². The van der Waals surface area contributed by atoms with Gasteiger partial charge in [-0.25, -0.2) is 14.2 Å². The summed E-state index contributed by atoms with van der Waals surface area (Å²) in [6.45, 7) is 0.101. The summed E-state index contributed by atoms with van der Waals surface area (Å²) in [5.41, 5.74) is 2.87. The van der Waals surface area contributed by atoms with Gasteiger partial charge < -0.3 is 14.8 Å². The normalized spacial score (nSPS) is 17.5. The van der Waals surface area contributed by atoms with Gasteiger partial charge in [0.2, 0.25) is 0 Å². The van der Waals surface area contributed by atoms with E-state index in [1.54, 1.807) is 19.2 Å². The maximum atomic E-state index is 13.5. The Bertz CT molecular complexity index is 1180. The summed E-state index contributed by atoms with van der Waals surface area (Å²) in [5.74, 6) is -1.01. The lowest BCUT2D eigenvalue weighted by Gasteiger charge is -2.31. The molecule has 1 aliphatic heterocycles. The van der Waals surface area contributed by atoms with Crippen LogP contribution in [0.1, 0.15) is 29.2 Å². The number of benzene rings is 3. The van der Waals surface area contributed by atoms with Crippen LogP contribution in [0.5, 0.6) is 5.75 Å². The summed E-state index contributed by atoms with van der Waals surface area (Å²) in [7, 11) is 1.60. The molecule has 0 saturated carbocycles. The molecule has 0 spiro atoms. The molecule has 3 aromatic carbocycles. The van der Waals surface area contributed by atoms with Crippen molar-refractivity contribution in [1.82, 2.24) is 5.32 Å². The number of rotatable bonds is 8. The SMILES string of the molecule is COc1cccc(CCC2=NC(=O)NC(c3ccc(F)cc3)C2C(=O)OCc2ccccc2)c1. The fourth-order valence-corrected chi connectivity index (χ4v) is 3.99. The van der Waals surface area contributed by atoms with E-state index in [2.05, 4.69) is 10.3 Å². The first-order chi connectivity index (χ1) is 16.5. The molecule has 0 fully saturated rings. The smallest absolute Gasteiger partial charge is 0.341 e. The number of methoxy groups -OCH3 is 1. The van der Waals surface area contributed by atoms with Crippen LogP contribution in [-0.2, 0) is 22.6 Å². The molecule has 2 atom stereocenters. The molecular weight excluding hydrogens is 435 g/mol. The molecule has 0 saturated heterocycles. The Kier molecular flexibility index (Phi) is 7.32. The van der Waals surface area contributed by atoms with E-state index < -0.39 is 29.8 Å². The highest BCUT2D eigenvalue weighted by molar-refractivity contribution is 6.09. The van der Waals surface area contributed by atoms with Crippen molar-refractivity contribution in [3.05, 3.63) is 101 Å².